The number of halogens is 1. The molecule has 26 heavy (non-hydrogen) atoms. The fraction of sp³-hybridized carbons (Fsp3) is 0.300. The maximum Gasteiger partial charge on any atom is 0.256 e. The van der Waals surface area contributed by atoms with E-state index in [9.17, 15) is 14.7 Å². The molecule has 0 bridgehead atoms. The molecular weight excluding hydrogens is 352 g/mol. The third-order valence-electron chi connectivity index (χ3n) is 4.51. The summed E-state index contributed by atoms with van der Waals surface area (Å²) in [5.74, 6) is -0.578. The number of aliphatic hydroxyl groups excluding tert-OH is 1. The lowest BCUT2D eigenvalue weighted by molar-refractivity contribution is -0.150. The third-order valence-corrected chi connectivity index (χ3v) is 4.76. The van der Waals surface area contributed by atoms with E-state index in [1.165, 1.54) is 4.90 Å². The van der Waals surface area contributed by atoms with Crippen molar-refractivity contribution >= 4 is 23.4 Å². The van der Waals surface area contributed by atoms with Crippen LogP contribution in [0.15, 0.2) is 48.5 Å². The predicted octanol–water partition coefficient (Wildman–Crippen LogP) is 2.55. The second-order valence-corrected chi connectivity index (χ2v) is 6.95. The Bertz CT molecular complexity index is 807. The lowest BCUT2D eigenvalue weighted by atomic mass is 10.1. The monoisotopic (exact) mass is 372 g/mol. The molecule has 0 aliphatic carbocycles. The van der Waals surface area contributed by atoms with Crippen LogP contribution in [-0.4, -0.2) is 46.4 Å². The first-order chi connectivity index (χ1) is 12.4. The second-order valence-electron chi connectivity index (χ2n) is 6.52. The maximum atomic E-state index is 12.5. The average Bonchev–Trinajstić information content (AvgIpc) is 2.63. The molecule has 0 spiro atoms. The van der Waals surface area contributed by atoms with Crippen LogP contribution in [0.5, 0.6) is 0 Å². The Kier molecular flexibility index (Phi) is 5.59. The first-order valence-electron chi connectivity index (χ1n) is 8.49. The van der Waals surface area contributed by atoms with Gasteiger partial charge in [0.05, 0.1) is 6.54 Å². The molecule has 2 aromatic rings. The number of hydrogen-bond donors (Lipinski definition) is 1. The lowest BCUT2D eigenvalue weighted by Crippen LogP contribution is -2.52. The summed E-state index contributed by atoms with van der Waals surface area (Å²) in [5.41, 5.74) is 2.68. The highest BCUT2D eigenvalue weighted by molar-refractivity contribution is 6.30. The Morgan fingerprint density at radius 2 is 1.92 bits per heavy atom. The van der Waals surface area contributed by atoms with Gasteiger partial charge in [-0.2, -0.15) is 0 Å². The van der Waals surface area contributed by atoms with E-state index in [0.29, 0.717) is 30.2 Å². The number of aliphatic hydroxyl groups is 1. The first kappa shape index (κ1) is 18.4. The molecule has 0 saturated carbocycles. The SMILES string of the molecule is Cc1cccc(CN2CCN(C(=O)C(O)c3ccc(Cl)cc3)CC2=O)c1. The maximum absolute atomic E-state index is 12.5. The highest BCUT2D eigenvalue weighted by atomic mass is 35.5. The van der Waals surface area contributed by atoms with Crippen LogP contribution in [0, 0.1) is 6.92 Å². The van der Waals surface area contributed by atoms with E-state index in [-0.39, 0.29) is 12.5 Å². The molecule has 136 valence electrons. The highest BCUT2D eigenvalue weighted by Crippen LogP contribution is 2.20. The quantitative estimate of drug-likeness (QED) is 0.897. The van der Waals surface area contributed by atoms with Gasteiger partial charge < -0.3 is 14.9 Å². The molecule has 2 aromatic carbocycles. The van der Waals surface area contributed by atoms with Gasteiger partial charge >= 0.3 is 0 Å². The van der Waals surface area contributed by atoms with Crippen LogP contribution in [0.2, 0.25) is 5.02 Å². The summed E-state index contributed by atoms with van der Waals surface area (Å²) in [6.07, 6.45) is -1.29. The molecule has 2 amide bonds. The van der Waals surface area contributed by atoms with Gasteiger partial charge in [-0.1, -0.05) is 53.6 Å². The zero-order chi connectivity index (χ0) is 18.7. The summed E-state index contributed by atoms with van der Waals surface area (Å²) in [5, 5.41) is 10.8. The van der Waals surface area contributed by atoms with E-state index in [1.807, 2.05) is 25.1 Å². The van der Waals surface area contributed by atoms with Crippen molar-refractivity contribution in [1.29, 1.82) is 0 Å². The van der Waals surface area contributed by atoms with E-state index in [4.69, 9.17) is 11.6 Å². The van der Waals surface area contributed by atoms with Crippen molar-refractivity contribution in [2.24, 2.45) is 0 Å². The van der Waals surface area contributed by atoms with Crippen LogP contribution < -0.4 is 0 Å². The molecular formula is C20H21ClN2O3. The molecule has 1 N–H and O–H groups in total. The molecule has 1 atom stereocenters. The van der Waals surface area contributed by atoms with Gasteiger partial charge in [0, 0.05) is 24.7 Å². The van der Waals surface area contributed by atoms with Crippen LogP contribution in [0.1, 0.15) is 22.8 Å². The van der Waals surface area contributed by atoms with E-state index < -0.39 is 12.0 Å². The number of aryl methyl sites for hydroxylation is 1. The van der Waals surface area contributed by atoms with Gasteiger partial charge in [-0.25, -0.2) is 0 Å². The summed E-state index contributed by atoms with van der Waals surface area (Å²) in [6.45, 7) is 3.38. The average molecular weight is 373 g/mol. The number of nitrogens with zero attached hydrogens (tertiary/aromatic N) is 2. The largest absolute Gasteiger partial charge is 0.378 e. The van der Waals surface area contributed by atoms with Gasteiger partial charge in [-0.05, 0) is 30.2 Å². The molecule has 1 unspecified atom stereocenters. The van der Waals surface area contributed by atoms with Crippen molar-refractivity contribution in [2.75, 3.05) is 19.6 Å². The summed E-state index contributed by atoms with van der Waals surface area (Å²) >= 11 is 5.83. The van der Waals surface area contributed by atoms with Crippen molar-refractivity contribution < 1.29 is 14.7 Å². The number of carbonyl (C=O) groups excluding carboxylic acids is 2. The molecule has 0 aromatic heterocycles. The van der Waals surface area contributed by atoms with Gasteiger partial charge in [-0.3, -0.25) is 9.59 Å². The van der Waals surface area contributed by atoms with Crippen LogP contribution in [0.4, 0.5) is 0 Å². The molecule has 1 aliphatic heterocycles. The second kappa shape index (κ2) is 7.89. The minimum absolute atomic E-state index is 0.0186. The zero-order valence-electron chi connectivity index (χ0n) is 14.6. The summed E-state index contributed by atoms with van der Waals surface area (Å²) in [6, 6.07) is 14.5. The molecule has 1 fully saturated rings. The smallest absolute Gasteiger partial charge is 0.256 e. The molecule has 1 saturated heterocycles. The third kappa shape index (κ3) is 4.23. The lowest BCUT2D eigenvalue weighted by Gasteiger charge is -2.35. The van der Waals surface area contributed by atoms with Crippen molar-refractivity contribution in [2.45, 2.75) is 19.6 Å². The zero-order valence-corrected chi connectivity index (χ0v) is 15.3. The Hall–Kier alpha value is -2.37. The van der Waals surface area contributed by atoms with Crippen molar-refractivity contribution in [3.8, 4) is 0 Å². The molecule has 1 aliphatic rings. The van der Waals surface area contributed by atoms with Gasteiger partial charge in [0.25, 0.3) is 5.91 Å². The Morgan fingerprint density at radius 3 is 2.58 bits per heavy atom. The summed E-state index contributed by atoms with van der Waals surface area (Å²) < 4.78 is 0. The van der Waals surface area contributed by atoms with Crippen LogP contribution in [-0.2, 0) is 16.1 Å². The number of carbonyl (C=O) groups is 2. The van der Waals surface area contributed by atoms with Crippen molar-refractivity contribution in [1.82, 2.24) is 9.80 Å². The van der Waals surface area contributed by atoms with Gasteiger partial charge in [0.1, 0.15) is 0 Å². The Labute approximate surface area is 157 Å². The number of benzene rings is 2. The minimum atomic E-state index is -1.29. The van der Waals surface area contributed by atoms with Crippen molar-refractivity contribution in [3.63, 3.8) is 0 Å². The Balaban J connectivity index is 1.61. The first-order valence-corrected chi connectivity index (χ1v) is 8.87. The van der Waals surface area contributed by atoms with Crippen molar-refractivity contribution in [3.05, 3.63) is 70.2 Å². The van der Waals surface area contributed by atoms with Crippen LogP contribution in [0.25, 0.3) is 0 Å². The van der Waals surface area contributed by atoms with Crippen LogP contribution >= 0.6 is 11.6 Å². The standard InChI is InChI=1S/C20H21ClN2O3/c1-14-3-2-4-15(11-14)12-22-9-10-23(13-18(22)24)20(26)19(25)16-5-7-17(21)8-6-16/h2-8,11,19,25H,9-10,12-13H2,1H3. The van der Waals surface area contributed by atoms with Gasteiger partial charge in [-0.15, -0.1) is 0 Å². The molecule has 6 heteroatoms. The topological polar surface area (TPSA) is 60.9 Å². The highest BCUT2D eigenvalue weighted by Gasteiger charge is 2.31. The number of rotatable bonds is 4. The fourth-order valence-corrected chi connectivity index (χ4v) is 3.18. The van der Waals surface area contributed by atoms with Crippen LogP contribution in [0.3, 0.4) is 0 Å². The summed E-state index contributed by atoms with van der Waals surface area (Å²) in [4.78, 5) is 28.1. The summed E-state index contributed by atoms with van der Waals surface area (Å²) in [7, 11) is 0. The molecule has 5 nitrogen and oxygen atoms in total. The van der Waals surface area contributed by atoms with E-state index >= 15 is 0 Å². The molecule has 3 rings (SSSR count). The van der Waals surface area contributed by atoms with E-state index in [2.05, 4.69) is 6.07 Å². The molecule has 1 heterocycles. The van der Waals surface area contributed by atoms with Gasteiger partial charge in [0.15, 0.2) is 6.10 Å². The molecule has 0 radical (unpaired) electrons. The minimum Gasteiger partial charge on any atom is -0.378 e. The predicted molar refractivity (Wildman–Crippen MR) is 99.6 cm³/mol. The Morgan fingerprint density at radius 1 is 1.19 bits per heavy atom. The number of piperazine rings is 1. The fourth-order valence-electron chi connectivity index (χ4n) is 3.06. The number of hydrogen-bond acceptors (Lipinski definition) is 3. The van der Waals surface area contributed by atoms with E-state index in [1.54, 1.807) is 29.2 Å². The number of amides is 2. The van der Waals surface area contributed by atoms with E-state index in [0.717, 1.165) is 11.1 Å². The van der Waals surface area contributed by atoms with Gasteiger partial charge in [0.2, 0.25) is 5.91 Å². The normalized spacial score (nSPS) is 15.9.